The molecular formula is C30H20BN. The Balaban J connectivity index is 1.62. The maximum absolute atomic E-state index is 2.47. The average Bonchev–Trinajstić information content (AvgIpc) is 3.21. The number of anilines is 3. The molecule has 0 radical (unpaired) electrons. The third kappa shape index (κ3) is 2.35. The first-order chi connectivity index (χ1) is 15.9. The first kappa shape index (κ1) is 17.6. The summed E-state index contributed by atoms with van der Waals surface area (Å²) in [6, 6.07) is 44.1. The lowest BCUT2D eigenvalue weighted by Crippen LogP contribution is -2.54. The molecule has 148 valence electrons. The zero-order chi connectivity index (χ0) is 21.1. The highest BCUT2D eigenvalue weighted by Crippen LogP contribution is 2.44. The molecule has 2 aliphatic rings. The van der Waals surface area contributed by atoms with Gasteiger partial charge in [-0.1, -0.05) is 109 Å². The number of benzene rings is 5. The summed E-state index contributed by atoms with van der Waals surface area (Å²) in [5.74, 6) is 0. The molecule has 5 aromatic carbocycles. The summed E-state index contributed by atoms with van der Waals surface area (Å²) in [6.07, 6.45) is 0. The van der Waals surface area contributed by atoms with Crippen LogP contribution in [0.5, 0.6) is 0 Å². The minimum absolute atomic E-state index is 0.260. The topological polar surface area (TPSA) is 3.24 Å². The summed E-state index contributed by atoms with van der Waals surface area (Å²) < 4.78 is 0. The van der Waals surface area contributed by atoms with Crippen LogP contribution in [0.3, 0.4) is 0 Å². The summed E-state index contributed by atoms with van der Waals surface area (Å²) >= 11 is 0. The van der Waals surface area contributed by atoms with Gasteiger partial charge in [0, 0.05) is 22.6 Å². The second kappa shape index (κ2) is 6.73. The molecule has 5 aromatic rings. The average molecular weight is 405 g/mol. The summed E-state index contributed by atoms with van der Waals surface area (Å²) in [4.78, 5) is 2.47. The molecule has 0 N–H and O–H groups in total. The molecule has 7 rings (SSSR count). The van der Waals surface area contributed by atoms with E-state index in [0.717, 1.165) is 0 Å². The number of rotatable bonds is 2. The number of nitrogens with zero attached hydrogens (tertiary/aromatic N) is 1. The van der Waals surface area contributed by atoms with Gasteiger partial charge in [0.15, 0.2) is 0 Å². The zero-order valence-corrected chi connectivity index (χ0v) is 17.6. The molecular weight excluding hydrogens is 385 g/mol. The van der Waals surface area contributed by atoms with Crippen molar-refractivity contribution in [3.63, 3.8) is 0 Å². The third-order valence-corrected chi connectivity index (χ3v) is 6.88. The highest BCUT2D eigenvalue weighted by molar-refractivity contribution is 7.01. The largest absolute Gasteiger partial charge is 0.311 e. The molecule has 0 unspecified atom stereocenters. The van der Waals surface area contributed by atoms with Crippen molar-refractivity contribution in [3.05, 3.63) is 121 Å². The van der Waals surface area contributed by atoms with E-state index in [-0.39, 0.29) is 6.71 Å². The van der Waals surface area contributed by atoms with Gasteiger partial charge in [-0.15, -0.1) is 0 Å². The van der Waals surface area contributed by atoms with E-state index in [4.69, 9.17) is 0 Å². The zero-order valence-electron chi connectivity index (χ0n) is 17.6. The molecule has 1 nitrogen and oxygen atoms in total. The minimum atomic E-state index is 0.260. The standard InChI is InChI=1S/C30H20BN/c1-3-11-21(12-4-1)23-16-9-19-27-30(23)32(22-13-5-2-6-14-22)28-20-10-17-25-24-15-7-8-18-26(24)31(27)29(25)28/h1-20H. The van der Waals surface area contributed by atoms with Crippen molar-refractivity contribution in [3.8, 4) is 22.3 Å². The number of hydrogen-bond acceptors (Lipinski definition) is 1. The summed E-state index contributed by atoms with van der Waals surface area (Å²) in [6.45, 7) is 0.260. The van der Waals surface area contributed by atoms with E-state index >= 15 is 0 Å². The van der Waals surface area contributed by atoms with E-state index in [9.17, 15) is 0 Å². The predicted octanol–water partition coefficient (Wildman–Crippen LogP) is 5.63. The Morgan fingerprint density at radius 2 is 1.09 bits per heavy atom. The molecule has 2 heteroatoms. The van der Waals surface area contributed by atoms with Gasteiger partial charge >= 0.3 is 0 Å². The molecule has 0 aliphatic carbocycles. The van der Waals surface area contributed by atoms with Gasteiger partial charge in [0.25, 0.3) is 0 Å². The molecule has 0 aromatic heterocycles. The van der Waals surface area contributed by atoms with Crippen LogP contribution in [0.25, 0.3) is 22.3 Å². The Kier molecular flexibility index (Phi) is 3.71. The second-order valence-electron chi connectivity index (χ2n) is 8.54. The van der Waals surface area contributed by atoms with Crippen molar-refractivity contribution < 1.29 is 0 Å². The molecule has 0 bridgehead atoms. The smallest absolute Gasteiger partial charge is 0.248 e. The maximum atomic E-state index is 2.47. The molecule has 32 heavy (non-hydrogen) atoms. The van der Waals surface area contributed by atoms with Crippen LogP contribution in [0, 0.1) is 0 Å². The molecule has 0 saturated carbocycles. The van der Waals surface area contributed by atoms with Gasteiger partial charge in [-0.05, 0) is 45.8 Å². The molecule has 0 spiro atoms. The predicted molar refractivity (Wildman–Crippen MR) is 137 cm³/mol. The van der Waals surface area contributed by atoms with E-state index in [1.165, 1.54) is 55.7 Å². The lowest BCUT2D eigenvalue weighted by Gasteiger charge is -2.37. The monoisotopic (exact) mass is 405 g/mol. The lowest BCUT2D eigenvalue weighted by molar-refractivity contribution is 1.30. The second-order valence-corrected chi connectivity index (χ2v) is 8.54. The molecule has 0 saturated heterocycles. The van der Waals surface area contributed by atoms with Crippen molar-refractivity contribution in [2.75, 3.05) is 4.90 Å². The van der Waals surface area contributed by atoms with Crippen LogP contribution in [0.1, 0.15) is 0 Å². The Morgan fingerprint density at radius 1 is 0.469 bits per heavy atom. The van der Waals surface area contributed by atoms with Crippen LogP contribution >= 0.6 is 0 Å². The van der Waals surface area contributed by atoms with Crippen molar-refractivity contribution >= 4 is 40.2 Å². The highest BCUT2D eigenvalue weighted by Gasteiger charge is 2.42. The number of para-hydroxylation sites is 2. The van der Waals surface area contributed by atoms with E-state index < -0.39 is 0 Å². The van der Waals surface area contributed by atoms with E-state index in [2.05, 4.69) is 126 Å². The summed E-state index contributed by atoms with van der Waals surface area (Å²) in [5.41, 5.74) is 13.2. The Hall–Kier alpha value is -4.04. The fraction of sp³-hybridized carbons (Fsp3) is 0. The first-order valence-electron chi connectivity index (χ1n) is 11.2. The van der Waals surface area contributed by atoms with Crippen LogP contribution in [-0.4, -0.2) is 6.71 Å². The summed E-state index contributed by atoms with van der Waals surface area (Å²) in [5, 5.41) is 0. The van der Waals surface area contributed by atoms with Crippen molar-refractivity contribution in [1.29, 1.82) is 0 Å². The van der Waals surface area contributed by atoms with Crippen LogP contribution in [0.4, 0.5) is 17.1 Å². The van der Waals surface area contributed by atoms with Crippen LogP contribution < -0.4 is 21.3 Å². The Labute approximate surface area is 188 Å². The minimum Gasteiger partial charge on any atom is -0.311 e. The van der Waals surface area contributed by atoms with Gasteiger partial charge in [-0.25, -0.2) is 0 Å². The maximum Gasteiger partial charge on any atom is 0.248 e. The third-order valence-electron chi connectivity index (χ3n) is 6.88. The fourth-order valence-corrected chi connectivity index (χ4v) is 5.62. The normalized spacial score (nSPS) is 12.9. The number of hydrogen-bond donors (Lipinski definition) is 0. The van der Waals surface area contributed by atoms with Gasteiger partial charge < -0.3 is 4.90 Å². The van der Waals surface area contributed by atoms with Crippen LogP contribution in [-0.2, 0) is 0 Å². The first-order valence-corrected chi connectivity index (χ1v) is 11.2. The lowest BCUT2D eigenvalue weighted by atomic mass is 9.37. The molecule has 2 aliphatic heterocycles. The van der Waals surface area contributed by atoms with Gasteiger partial charge in [-0.3, -0.25) is 0 Å². The SMILES string of the molecule is c1ccc(-c2cccc3c2N(c2ccccc2)c2cccc4c2B3c2ccccc2-4)cc1. The molecule has 0 atom stereocenters. The van der Waals surface area contributed by atoms with Crippen LogP contribution in [0.15, 0.2) is 121 Å². The Bertz CT molecular complexity index is 1470. The molecule has 0 fully saturated rings. The fourth-order valence-electron chi connectivity index (χ4n) is 5.62. The van der Waals surface area contributed by atoms with Crippen molar-refractivity contribution in [2.45, 2.75) is 0 Å². The quantitative estimate of drug-likeness (QED) is 0.337. The van der Waals surface area contributed by atoms with E-state index in [1.807, 2.05) is 0 Å². The van der Waals surface area contributed by atoms with Gasteiger partial charge in [0.2, 0.25) is 6.71 Å². The van der Waals surface area contributed by atoms with Gasteiger partial charge in [0.1, 0.15) is 0 Å². The van der Waals surface area contributed by atoms with Crippen molar-refractivity contribution in [1.82, 2.24) is 0 Å². The van der Waals surface area contributed by atoms with Crippen LogP contribution in [0.2, 0.25) is 0 Å². The Morgan fingerprint density at radius 3 is 1.94 bits per heavy atom. The molecule has 0 amide bonds. The number of fused-ring (bicyclic) bond motifs is 5. The summed E-state index contributed by atoms with van der Waals surface area (Å²) in [7, 11) is 0. The highest BCUT2D eigenvalue weighted by atomic mass is 15.2. The van der Waals surface area contributed by atoms with E-state index in [0.29, 0.717) is 0 Å². The van der Waals surface area contributed by atoms with Gasteiger partial charge in [-0.2, -0.15) is 0 Å². The van der Waals surface area contributed by atoms with Gasteiger partial charge in [0.05, 0.1) is 0 Å². The van der Waals surface area contributed by atoms with E-state index in [1.54, 1.807) is 0 Å². The van der Waals surface area contributed by atoms with Crippen molar-refractivity contribution in [2.24, 2.45) is 0 Å². The molecule has 2 heterocycles.